The van der Waals surface area contributed by atoms with Crippen molar-refractivity contribution in [3.63, 3.8) is 0 Å². The van der Waals surface area contributed by atoms with Crippen molar-refractivity contribution in [3.8, 4) is 0 Å². The number of hydrogen-bond acceptors (Lipinski definition) is 5. The first-order chi connectivity index (χ1) is 7.90. The van der Waals surface area contributed by atoms with Crippen LogP contribution in [0.4, 0.5) is 11.6 Å². The summed E-state index contributed by atoms with van der Waals surface area (Å²) in [4.78, 5) is 21.6. The highest BCUT2D eigenvalue weighted by molar-refractivity contribution is 5.80. The van der Waals surface area contributed by atoms with Crippen molar-refractivity contribution in [2.75, 3.05) is 23.8 Å². The van der Waals surface area contributed by atoms with Gasteiger partial charge in [0.15, 0.2) is 0 Å². The molecular formula is C12H20N4O. The van der Waals surface area contributed by atoms with E-state index >= 15 is 0 Å². The molecule has 1 aromatic rings. The van der Waals surface area contributed by atoms with Crippen LogP contribution in [-0.4, -0.2) is 35.4 Å². The fourth-order valence-corrected chi connectivity index (χ4v) is 1.30. The van der Waals surface area contributed by atoms with Gasteiger partial charge in [-0.2, -0.15) is 0 Å². The summed E-state index contributed by atoms with van der Waals surface area (Å²) in [5, 5.41) is 2.99. The number of anilines is 2. The second-order valence-corrected chi connectivity index (χ2v) is 4.42. The summed E-state index contributed by atoms with van der Waals surface area (Å²) >= 11 is 0. The smallest absolute Gasteiger partial charge is 0.148 e. The van der Waals surface area contributed by atoms with Crippen LogP contribution in [0.25, 0.3) is 0 Å². The molecule has 0 aromatic carbocycles. The summed E-state index contributed by atoms with van der Waals surface area (Å²) in [6.45, 7) is 7.88. The average molecular weight is 236 g/mol. The lowest BCUT2D eigenvalue weighted by molar-refractivity contribution is -0.115. The van der Waals surface area contributed by atoms with Gasteiger partial charge in [0, 0.05) is 19.2 Å². The topological polar surface area (TPSA) is 58.1 Å². The van der Waals surface area contributed by atoms with Gasteiger partial charge in [-0.25, -0.2) is 9.97 Å². The number of aryl methyl sites for hydroxylation is 1. The monoisotopic (exact) mass is 236 g/mol. The minimum atomic E-state index is 0.0834. The minimum Gasteiger partial charge on any atom is -0.363 e. The van der Waals surface area contributed by atoms with Gasteiger partial charge in [-0.05, 0) is 27.7 Å². The van der Waals surface area contributed by atoms with Gasteiger partial charge in [-0.1, -0.05) is 0 Å². The van der Waals surface area contributed by atoms with Crippen molar-refractivity contribution in [2.45, 2.75) is 33.7 Å². The molecule has 0 saturated heterocycles. The van der Waals surface area contributed by atoms with Crippen LogP contribution in [0.1, 0.15) is 26.6 Å². The SMILES string of the molecule is CC(=O)CNc1cc(N(C)C(C)C)nc(C)n1. The van der Waals surface area contributed by atoms with E-state index in [2.05, 4.69) is 34.0 Å². The molecule has 17 heavy (non-hydrogen) atoms. The average Bonchev–Trinajstić information content (AvgIpc) is 2.24. The maximum Gasteiger partial charge on any atom is 0.148 e. The first kappa shape index (κ1) is 13.4. The highest BCUT2D eigenvalue weighted by Crippen LogP contribution is 2.16. The van der Waals surface area contributed by atoms with Crippen molar-refractivity contribution in [3.05, 3.63) is 11.9 Å². The van der Waals surface area contributed by atoms with Crippen LogP contribution in [-0.2, 0) is 4.79 Å². The van der Waals surface area contributed by atoms with Gasteiger partial charge in [0.25, 0.3) is 0 Å². The van der Waals surface area contributed by atoms with Crippen LogP contribution in [0.3, 0.4) is 0 Å². The standard InChI is InChI=1S/C12H20N4O/c1-8(2)16(5)12-6-11(13-7-9(3)17)14-10(4)15-12/h6,8H,7H2,1-5H3,(H,13,14,15). The molecule has 5 heteroatoms. The Morgan fingerprint density at radius 3 is 2.65 bits per heavy atom. The Kier molecular flexibility index (Phi) is 4.43. The Bertz CT molecular complexity index is 403. The third-order valence-corrected chi connectivity index (χ3v) is 2.48. The van der Waals surface area contributed by atoms with Crippen molar-refractivity contribution < 1.29 is 4.79 Å². The van der Waals surface area contributed by atoms with E-state index in [9.17, 15) is 4.79 Å². The van der Waals surface area contributed by atoms with E-state index < -0.39 is 0 Å². The summed E-state index contributed by atoms with van der Waals surface area (Å²) in [5.41, 5.74) is 0. The highest BCUT2D eigenvalue weighted by atomic mass is 16.1. The predicted octanol–water partition coefficient (Wildman–Crippen LogP) is 1.63. The van der Waals surface area contributed by atoms with E-state index in [0.29, 0.717) is 24.2 Å². The molecule has 0 aliphatic carbocycles. The van der Waals surface area contributed by atoms with Crippen molar-refractivity contribution in [1.82, 2.24) is 9.97 Å². The number of Topliss-reactive ketones (excluding diaryl/α,β-unsaturated/α-hetero) is 1. The lowest BCUT2D eigenvalue weighted by atomic mass is 10.3. The Morgan fingerprint density at radius 1 is 1.47 bits per heavy atom. The third kappa shape index (κ3) is 4.01. The molecule has 0 atom stereocenters. The molecule has 0 amide bonds. The largest absolute Gasteiger partial charge is 0.363 e. The molecule has 94 valence electrons. The van der Waals surface area contributed by atoms with E-state index in [1.165, 1.54) is 0 Å². The van der Waals surface area contributed by atoms with E-state index in [-0.39, 0.29) is 5.78 Å². The molecular weight excluding hydrogens is 216 g/mol. The van der Waals surface area contributed by atoms with Gasteiger partial charge in [0.1, 0.15) is 23.2 Å². The number of nitrogens with zero attached hydrogens (tertiary/aromatic N) is 3. The maximum absolute atomic E-state index is 10.9. The zero-order chi connectivity index (χ0) is 13.0. The molecule has 0 aliphatic rings. The summed E-state index contributed by atoms with van der Waals surface area (Å²) < 4.78 is 0. The normalized spacial score (nSPS) is 10.5. The lowest BCUT2D eigenvalue weighted by Gasteiger charge is -2.23. The molecule has 0 spiro atoms. The van der Waals surface area contributed by atoms with Crippen molar-refractivity contribution >= 4 is 17.4 Å². The van der Waals surface area contributed by atoms with Crippen molar-refractivity contribution in [1.29, 1.82) is 0 Å². The highest BCUT2D eigenvalue weighted by Gasteiger charge is 2.09. The Balaban J connectivity index is 2.90. The molecule has 1 N–H and O–H groups in total. The molecule has 0 fully saturated rings. The van der Waals surface area contributed by atoms with Crippen LogP contribution in [0.5, 0.6) is 0 Å². The van der Waals surface area contributed by atoms with Gasteiger partial charge in [0.05, 0.1) is 6.54 Å². The van der Waals surface area contributed by atoms with Gasteiger partial charge in [0.2, 0.25) is 0 Å². The second-order valence-electron chi connectivity index (χ2n) is 4.42. The molecule has 0 saturated carbocycles. The van der Waals surface area contributed by atoms with Crippen LogP contribution < -0.4 is 10.2 Å². The van der Waals surface area contributed by atoms with Crippen molar-refractivity contribution in [2.24, 2.45) is 0 Å². The number of rotatable bonds is 5. The first-order valence-corrected chi connectivity index (χ1v) is 5.72. The Hall–Kier alpha value is -1.65. The zero-order valence-electron chi connectivity index (χ0n) is 11.1. The third-order valence-electron chi connectivity index (χ3n) is 2.48. The van der Waals surface area contributed by atoms with Crippen LogP contribution in [0.15, 0.2) is 6.07 Å². The summed E-state index contributed by atoms with van der Waals surface area (Å²) in [6, 6.07) is 2.22. The molecule has 0 aliphatic heterocycles. The van der Waals surface area contributed by atoms with Gasteiger partial charge in [-0.15, -0.1) is 0 Å². The number of nitrogens with one attached hydrogen (secondary N) is 1. The molecule has 0 unspecified atom stereocenters. The summed E-state index contributed by atoms with van der Waals surface area (Å²) in [5.74, 6) is 2.33. The van der Waals surface area contributed by atoms with Crippen LogP contribution in [0, 0.1) is 6.92 Å². The molecule has 0 bridgehead atoms. The molecule has 0 radical (unpaired) electrons. The van der Waals surface area contributed by atoms with Crippen LogP contribution >= 0.6 is 0 Å². The number of carbonyl (C=O) groups is 1. The fraction of sp³-hybridized carbons (Fsp3) is 0.583. The van der Waals surface area contributed by atoms with Crippen LogP contribution in [0.2, 0.25) is 0 Å². The second kappa shape index (κ2) is 5.61. The first-order valence-electron chi connectivity index (χ1n) is 5.72. The summed E-state index contributed by atoms with van der Waals surface area (Å²) in [7, 11) is 1.99. The number of carbonyl (C=O) groups excluding carboxylic acids is 1. The molecule has 1 heterocycles. The number of ketones is 1. The quantitative estimate of drug-likeness (QED) is 0.842. The molecule has 1 rings (SSSR count). The fourth-order valence-electron chi connectivity index (χ4n) is 1.30. The summed E-state index contributed by atoms with van der Waals surface area (Å²) in [6.07, 6.45) is 0. The lowest BCUT2D eigenvalue weighted by Crippen LogP contribution is -2.27. The van der Waals surface area contributed by atoms with E-state index in [1.54, 1.807) is 6.92 Å². The Labute approximate surface area is 102 Å². The molecule has 5 nitrogen and oxygen atoms in total. The van der Waals surface area contributed by atoms with E-state index in [1.807, 2.05) is 20.0 Å². The van der Waals surface area contributed by atoms with Gasteiger partial charge >= 0.3 is 0 Å². The number of hydrogen-bond donors (Lipinski definition) is 1. The predicted molar refractivity (Wildman–Crippen MR) is 69.5 cm³/mol. The van der Waals surface area contributed by atoms with Gasteiger partial charge < -0.3 is 10.2 Å². The number of aromatic nitrogens is 2. The van der Waals surface area contributed by atoms with E-state index in [4.69, 9.17) is 0 Å². The molecule has 1 aromatic heterocycles. The minimum absolute atomic E-state index is 0.0834. The Morgan fingerprint density at radius 2 is 2.12 bits per heavy atom. The van der Waals surface area contributed by atoms with E-state index in [0.717, 1.165) is 5.82 Å². The van der Waals surface area contributed by atoms with Gasteiger partial charge in [-0.3, -0.25) is 4.79 Å². The maximum atomic E-state index is 10.9. The zero-order valence-corrected chi connectivity index (χ0v) is 11.1.